The molecule has 0 saturated carbocycles. The number of nitrogens with zero attached hydrogens (tertiary/aromatic N) is 3. The van der Waals surface area contributed by atoms with Crippen LogP contribution in [0.4, 0.5) is 11.5 Å². The van der Waals surface area contributed by atoms with E-state index in [4.69, 9.17) is 5.73 Å². The average Bonchev–Trinajstić information content (AvgIpc) is 2.64. The molecule has 2 heterocycles. The third kappa shape index (κ3) is 2.56. The number of hydrogen-bond donors (Lipinski definition) is 1. The fraction of sp³-hybridized carbons (Fsp3) is 0.667. The van der Waals surface area contributed by atoms with E-state index in [1.165, 1.54) is 6.42 Å². The van der Waals surface area contributed by atoms with Crippen LogP contribution in [0.2, 0.25) is 0 Å². The van der Waals surface area contributed by atoms with Gasteiger partial charge in [0.2, 0.25) is 0 Å². The number of aromatic nitrogens is 1. The fourth-order valence-electron chi connectivity index (χ4n) is 3.31. The molecule has 0 amide bonds. The highest BCUT2D eigenvalue weighted by Crippen LogP contribution is 2.35. The summed E-state index contributed by atoms with van der Waals surface area (Å²) in [5.41, 5.74) is 7.55. The molecular formula is C15H24N4. The van der Waals surface area contributed by atoms with Gasteiger partial charge < -0.3 is 15.2 Å². The van der Waals surface area contributed by atoms with Crippen LogP contribution in [-0.2, 0) is 0 Å². The molecule has 0 unspecified atom stereocenters. The molecule has 2 rings (SSSR count). The maximum absolute atomic E-state index is 9.26. The topological polar surface area (TPSA) is 58.0 Å². The van der Waals surface area contributed by atoms with Crippen molar-refractivity contribution in [2.75, 3.05) is 23.7 Å². The number of hydrogen-bond acceptors (Lipinski definition) is 3. The number of nitriles is 1. The first-order valence-corrected chi connectivity index (χ1v) is 7.09. The lowest BCUT2D eigenvalue weighted by atomic mass is 9.92. The molecule has 1 aromatic rings. The Kier molecular flexibility index (Phi) is 3.75. The normalized spacial score (nSPS) is 23.7. The number of nitrogens with two attached hydrogens (primary N) is 1. The molecular weight excluding hydrogens is 236 g/mol. The Hall–Kier alpha value is -1.63. The van der Waals surface area contributed by atoms with Gasteiger partial charge in [0, 0.05) is 19.1 Å². The highest BCUT2D eigenvalue weighted by Gasteiger charge is 2.27. The standard InChI is InChI=1S/C15H24N4/c1-10(2)19-13(7-16)6-14(17)15(19)18-8-11(3)5-12(4)9-18/h6,10-12H,5,8-9,17H2,1-4H3/t11-,12-/m0/s1. The third-order valence-electron chi connectivity index (χ3n) is 3.84. The molecule has 0 aliphatic carbocycles. The van der Waals surface area contributed by atoms with Crippen LogP contribution >= 0.6 is 0 Å². The molecule has 2 atom stereocenters. The summed E-state index contributed by atoms with van der Waals surface area (Å²) in [5.74, 6) is 2.37. The molecule has 0 radical (unpaired) electrons. The summed E-state index contributed by atoms with van der Waals surface area (Å²) in [4.78, 5) is 2.36. The Morgan fingerprint density at radius 2 is 1.89 bits per heavy atom. The van der Waals surface area contributed by atoms with Gasteiger partial charge in [-0.3, -0.25) is 0 Å². The van der Waals surface area contributed by atoms with E-state index < -0.39 is 0 Å². The second kappa shape index (κ2) is 5.16. The first-order valence-electron chi connectivity index (χ1n) is 7.09. The van der Waals surface area contributed by atoms with Gasteiger partial charge in [-0.25, -0.2) is 0 Å². The van der Waals surface area contributed by atoms with Crippen LogP contribution in [0.25, 0.3) is 0 Å². The van der Waals surface area contributed by atoms with E-state index >= 15 is 0 Å². The molecule has 0 spiro atoms. The summed E-state index contributed by atoms with van der Waals surface area (Å²) in [5, 5.41) is 9.26. The third-order valence-corrected chi connectivity index (χ3v) is 3.84. The zero-order chi connectivity index (χ0) is 14.2. The van der Waals surface area contributed by atoms with Crippen LogP contribution in [-0.4, -0.2) is 17.7 Å². The molecule has 1 fully saturated rings. The molecule has 1 aliphatic rings. The fourth-order valence-corrected chi connectivity index (χ4v) is 3.31. The summed E-state index contributed by atoms with van der Waals surface area (Å²) in [6, 6.07) is 4.31. The van der Waals surface area contributed by atoms with E-state index in [2.05, 4.69) is 43.2 Å². The van der Waals surface area contributed by atoms with Crippen molar-refractivity contribution in [2.45, 2.75) is 40.2 Å². The van der Waals surface area contributed by atoms with Crippen molar-refractivity contribution >= 4 is 11.5 Å². The Morgan fingerprint density at radius 1 is 1.32 bits per heavy atom. The first-order chi connectivity index (χ1) is 8.93. The second-order valence-corrected chi connectivity index (χ2v) is 6.24. The molecule has 1 aromatic heterocycles. The molecule has 4 nitrogen and oxygen atoms in total. The largest absolute Gasteiger partial charge is 0.396 e. The molecule has 4 heteroatoms. The summed E-state index contributed by atoms with van der Waals surface area (Å²) < 4.78 is 2.07. The maximum Gasteiger partial charge on any atom is 0.133 e. The maximum atomic E-state index is 9.26. The first kappa shape index (κ1) is 13.8. The smallest absolute Gasteiger partial charge is 0.133 e. The van der Waals surface area contributed by atoms with E-state index in [0.717, 1.165) is 24.6 Å². The Labute approximate surface area is 115 Å². The predicted octanol–water partition coefficient (Wildman–Crippen LogP) is 3.01. The monoisotopic (exact) mass is 260 g/mol. The minimum Gasteiger partial charge on any atom is -0.396 e. The molecule has 1 saturated heterocycles. The summed E-state index contributed by atoms with van der Waals surface area (Å²) in [7, 11) is 0. The highest BCUT2D eigenvalue weighted by molar-refractivity contribution is 5.68. The van der Waals surface area contributed by atoms with Gasteiger partial charge in [-0.05, 0) is 38.2 Å². The molecule has 104 valence electrons. The SMILES string of the molecule is CC(C)n1c(C#N)cc(N)c1N1C[C@@H](C)C[C@H](C)C1. The predicted molar refractivity (Wildman–Crippen MR) is 79.1 cm³/mol. The van der Waals surface area contributed by atoms with Crippen molar-refractivity contribution in [1.29, 1.82) is 5.26 Å². The molecule has 0 aromatic carbocycles. The Bertz CT molecular complexity index is 485. The lowest BCUT2D eigenvalue weighted by Crippen LogP contribution is -2.40. The van der Waals surface area contributed by atoms with Gasteiger partial charge in [0.1, 0.15) is 17.6 Å². The van der Waals surface area contributed by atoms with Crippen molar-refractivity contribution in [3.8, 4) is 6.07 Å². The zero-order valence-corrected chi connectivity index (χ0v) is 12.3. The van der Waals surface area contributed by atoms with Crippen molar-refractivity contribution in [3.63, 3.8) is 0 Å². The van der Waals surface area contributed by atoms with Gasteiger partial charge in [0.25, 0.3) is 0 Å². The second-order valence-electron chi connectivity index (χ2n) is 6.24. The van der Waals surface area contributed by atoms with Gasteiger partial charge in [-0.1, -0.05) is 13.8 Å². The molecule has 2 N–H and O–H groups in total. The lowest BCUT2D eigenvalue weighted by Gasteiger charge is -2.37. The highest BCUT2D eigenvalue weighted by atomic mass is 15.3. The molecule has 0 bridgehead atoms. The summed E-state index contributed by atoms with van der Waals surface area (Å²) >= 11 is 0. The van der Waals surface area contributed by atoms with E-state index in [-0.39, 0.29) is 6.04 Å². The van der Waals surface area contributed by atoms with E-state index in [9.17, 15) is 5.26 Å². The molecule has 19 heavy (non-hydrogen) atoms. The van der Waals surface area contributed by atoms with E-state index in [0.29, 0.717) is 17.5 Å². The van der Waals surface area contributed by atoms with Crippen molar-refractivity contribution < 1.29 is 0 Å². The van der Waals surface area contributed by atoms with Crippen molar-refractivity contribution in [2.24, 2.45) is 11.8 Å². The van der Waals surface area contributed by atoms with Crippen LogP contribution < -0.4 is 10.6 Å². The summed E-state index contributed by atoms with van der Waals surface area (Å²) in [6.45, 7) is 10.8. The quantitative estimate of drug-likeness (QED) is 0.889. The zero-order valence-electron chi connectivity index (χ0n) is 12.3. The number of rotatable bonds is 2. The minimum atomic E-state index is 0.245. The van der Waals surface area contributed by atoms with E-state index in [1.807, 2.05) is 0 Å². The van der Waals surface area contributed by atoms with Gasteiger partial charge in [0.05, 0.1) is 5.69 Å². The van der Waals surface area contributed by atoms with Gasteiger partial charge >= 0.3 is 0 Å². The van der Waals surface area contributed by atoms with Crippen molar-refractivity contribution in [3.05, 3.63) is 11.8 Å². The van der Waals surface area contributed by atoms with Gasteiger partial charge in [-0.15, -0.1) is 0 Å². The van der Waals surface area contributed by atoms with Crippen LogP contribution in [0.5, 0.6) is 0 Å². The van der Waals surface area contributed by atoms with Crippen molar-refractivity contribution in [1.82, 2.24) is 4.57 Å². The van der Waals surface area contributed by atoms with Crippen LogP contribution in [0.15, 0.2) is 6.07 Å². The average molecular weight is 260 g/mol. The van der Waals surface area contributed by atoms with Gasteiger partial charge in [0.15, 0.2) is 0 Å². The van der Waals surface area contributed by atoms with Gasteiger partial charge in [-0.2, -0.15) is 5.26 Å². The summed E-state index contributed by atoms with van der Waals surface area (Å²) in [6.07, 6.45) is 1.27. The minimum absolute atomic E-state index is 0.245. The molecule has 1 aliphatic heterocycles. The number of piperidine rings is 1. The number of anilines is 2. The van der Waals surface area contributed by atoms with Crippen LogP contribution in [0, 0.1) is 23.2 Å². The number of nitrogen functional groups attached to an aromatic ring is 1. The lowest BCUT2D eigenvalue weighted by molar-refractivity contribution is 0.352. The Balaban J connectivity index is 2.44. The van der Waals surface area contributed by atoms with Crippen LogP contribution in [0.3, 0.4) is 0 Å². The Morgan fingerprint density at radius 3 is 2.37 bits per heavy atom. The van der Waals surface area contributed by atoms with E-state index in [1.54, 1.807) is 6.07 Å². The van der Waals surface area contributed by atoms with Crippen LogP contribution in [0.1, 0.15) is 45.9 Å².